The van der Waals surface area contributed by atoms with Gasteiger partial charge >= 0.3 is 5.97 Å². The van der Waals surface area contributed by atoms with E-state index in [-0.39, 0.29) is 10.6 Å². The zero-order chi connectivity index (χ0) is 19.6. The van der Waals surface area contributed by atoms with Gasteiger partial charge in [0.05, 0.1) is 35.8 Å². The van der Waals surface area contributed by atoms with Gasteiger partial charge in [0, 0.05) is 0 Å². The Morgan fingerprint density at radius 1 is 1.15 bits per heavy atom. The second kappa shape index (κ2) is 7.11. The molecule has 0 saturated heterocycles. The summed E-state index contributed by atoms with van der Waals surface area (Å²) < 4.78 is 60.5. The average Bonchev–Trinajstić information content (AvgIpc) is 3.15. The van der Waals surface area contributed by atoms with Gasteiger partial charge in [0.15, 0.2) is 0 Å². The van der Waals surface area contributed by atoms with Gasteiger partial charge in [-0.25, -0.2) is 26.7 Å². The predicted molar refractivity (Wildman–Crippen MR) is 89.9 cm³/mol. The second-order valence-electron chi connectivity index (χ2n) is 5.25. The number of methoxy groups -OCH3 is 1. The molecule has 1 N–H and O–H groups in total. The van der Waals surface area contributed by atoms with Crippen LogP contribution in [0.3, 0.4) is 0 Å². The van der Waals surface area contributed by atoms with Crippen molar-refractivity contribution in [3.05, 3.63) is 66.0 Å². The molecule has 0 saturated carbocycles. The monoisotopic (exact) mass is 394 g/mol. The van der Waals surface area contributed by atoms with Gasteiger partial charge in [-0.05, 0) is 36.4 Å². The topological polar surface area (TPSA) is 103 Å². The molecular weight excluding hydrogens is 382 g/mol. The number of carbonyl (C=O) groups is 1. The SMILES string of the molecule is COC(=O)c1c(F)cc(NS(=O)(=O)c2ccc(-n3ccnn3)cc2)cc1F. The van der Waals surface area contributed by atoms with E-state index in [9.17, 15) is 22.0 Å². The number of benzene rings is 2. The summed E-state index contributed by atoms with van der Waals surface area (Å²) in [6.45, 7) is 0. The molecule has 27 heavy (non-hydrogen) atoms. The van der Waals surface area contributed by atoms with Crippen LogP contribution in [0.1, 0.15) is 10.4 Å². The lowest BCUT2D eigenvalue weighted by molar-refractivity contribution is 0.0590. The van der Waals surface area contributed by atoms with Crippen molar-refractivity contribution in [2.75, 3.05) is 11.8 Å². The summed E-state index contributed by atoms with van der Waals surface area (Å²) >= 11 is 0. The summed E-state index contributed by atoms with van der Waals surface area (Å²) in [6, 6.07) is 6.96. The number of ether oxygens (including phenoxy) is 1. The quantitative estimate of drug-likeness (QED) is 0.665. The fourth-order valence-electron chi connectivity index (χ4n) is 2.27. The highest BCUT2D eigenvalue weighted by Gasteiger charge is 2.21. The summed E-state index contributed by atoms with van der Waals surface area (Å²) in [5.74, 6) is -3.70. The van der Waals surface area contributed by atoms with E-state index in [1.54, 1.807) is 6.20 Å². The third-order valence-electron chi connectivity index (χ3n) is 3.52. The third kappa shape index (κ3) is 3.77. The highest BCUT2D eigenvalue weighted by Crippen LogP contribution is 2.23. The van der Waals surface area contributed by atoms with Crippen molar-refractivity contribution in [3.63, 3.8) is 0 Å². The lowest BCUT2D eigenvalue weighted by Crippen LogP contribution is -2.15. The Morgan fingerprint density at radius 2 is 1.78 bits per heavy atom. The molecule has 8 nitrogen and oxygen atoms in total. The van der Waals surface area contributed by atoms with Crippen LogP contribution < -0.4 is 4.72 Å². The number of nitrogens with zero attached hydrogens (tertiary/aromatic N) is 3. The number of rotatable bonds is 5. The first-order chi connectivity index (χ1) is 12.8. The molecule has 0 aliphatic heterocycles. The van der Waals surface area contributed by atoms with Crippen molar-refractivity contribution in [2.45, 2.75) is 4.90 Å². The number of esters is 1. The van der Waals surface area contributed by atoms with Crippen LogP contribution in [-0.2, 0) is 14.8 Å². The van der Waals surface area contributed by atoms with E-state index in [1.807, 2.05) is 0 Å². The van der Waals surface area contributed by atoms with Gasteiger partial charge in [-0.1, -0.05) is 5.21 Å². The Bertz CT molecular complexity index is 1060. The van der Waals surface area contributed by atoms with E-state index in [0.29, 0.717) is 17.8 Å². The molecule has 0 fully saturated rings. The van der Waals surface area contributed by atoms with Crippen molar-refractivity contribution in [2.24, 2.45) is 0 Å². The zero-order valence-corrected chi connectivity index (χ0v) is 14.6. The van der Waals surface area contributed by atoms with E-state index in [2.05, 4.69) is 19.8 Å². The molecule has 0 bridgehead atoms. The standard InChI is InChI=1S/C16H12F2N4O4S/c1-26-16(23)15-13(17)8-10(9-14(15)18)20-27(24,25)12-4-2-11(3-5-12)22-7-6-19-21-22/h2-9,20H,1H3. The van der Waals surface area contributed by atoms with Gasteiger partial charge in [0.1, 0.15) is 17.2 Å². The third-order valence-corrected chi connectivity index (χ3v) is 4.92. The fraction of sp³-hybridized carbons (Fsp3) is 0.0625. The van der Waals surface area contributed by atoms with Crippen molar-refractivity contribution in [1.82, 2.24) is 15.0 Å². The van der Waals surface area contributed by atoms with Gasteiger partial charge in [-0.3, -0.25) is 4.72 Å². The molecule has 0 spiro atoms. The van der Waals surface area contributed by atoms with Crippen LogP contribution >= 0.6 is 0 Å². The predicted octanol–water partition coefficient (Wildman–Crippen LogP) is 2.13. The van der Waals surface area contributed by atoms with Crippen LogP contribution in [-0.4, -0.2) is 36.5 Å². The molecule has 140 valence electrons. The number of sulfonamides is 1. The first-order valence-electron chi connectivity index (χ1n) is 7.39. The molecule has 0 aliphatic carbocycles. The molecule has 0 atom stereocenters. The number of nitrogens with one attached hydrogen (secondary N) is 1. The Kier molecular flexibility index (Phi) is 4.86. The maximum atomic E-state index is 13.9. The van der Waals surface area contributed by atoms with Gasteiger partial charge in [-0.15, -0.1) is 5.10 Å². The summed E-state index contributed by atoms with van der Waals surface area (Å²) in [6.07, 6.45) is 3.05. The number of carbonyl (C=O) groups excluding carboxylic acids is 1. The highest BCUT2D eigenvalue weighted by atomic mass is 32.2. The van der Waals surface area contributed by atoms with Gasteiger partial charge < -0.3 is 4.74 Å². The van der Waals surface area contributed by atoms with E-state index >= 15 is 0 Å². The Morgan fingerprint density at radius 3 is 2.30 bits per heavy atom. The number of hydrogen-bond donors (Lipinski definition) is 1. The highest BCUT2D eigenvalue weighted by molar-refractivity contribution is 7.92. The molecule has 2 aromatic carbocycles. The number of aromatic nitrogens is 3. The summed E-state index contributed by atoms with van der Waals surface area (Å²) in [4.78, 5) is 11.2. The Balaban J connectivity index is 1.87. The number of anilines is 1. The molecule has 11 heteroatoms. The lowest BCUT2D eigenvalue weighted by atomic mass is 10.2. The second-order valence-corrected chi connectivity index (χ2v) is 6.94. The van der Waals surface area contributed by atoms with Crippen molar-refractivity contribution >= 4 is 21.7 Å². The van der Waals surface area contributed by atoms with Crippen LogP contribution in [0.2, 0.25) is 0 Å². The zero-order valence-electron chi connectivity index (χ0n) is 13.8. The molecule has 0 unspecified atom stereocenters. The maximum Gasteiger partial charge on any atom is 0.343 e. The average molecular weight is 394 g/mol. The maximum absolute atomic E-state index is 13.9. The fourth-order valence-corrected chi connectivity index (χ4v) is 3.31. The minimum Gasteiger partial charge on any atom is -0.465 e. The van der Waals surface area contributed by atoms with E-state index < -0.39 is 33.2 Å². The molecule has 0 aliphatic rings. The van der Waals surface area contributed by atoms with Crippen molar-refractivity contribution in [3.8, 4) is 5.69 Å². The number of hydrogen-bond acceptors (Lipinski definition) is 6. The van der Waals surface area contributed by atoms with E-state index in [0.717, 1.165) is 7.11 Å². The van der Waals surface area contributed by atoms with Gasteiger partial charge in [-0.2, -0.15) is 0 Å². The van der Waals surface area contributed by atoms with Crippen LogP contribution in [0.4, 0.5) is 14.5 Å². The van der Waals surface area contributed by atoms with Crippen molar-refractivity contribution < 1.29 is 26.7 Å². The molecule has 3 aromatic rings. The Hall–Kier alpha value is -3.34. The molecule has 3 rings (SSSR count). The normalized spacial score (nSPS) is 11.2. The molecule has 0 radical (unpaired) electrons. The van der Waals surface area contributed by atoms with E-state index in [1.165, 1.54) is 35.1 Å². The first kappa shape index (κ1) is 18.5. The molecular formula is C16H12F2N4O4S. The lowest BCUT2D eigenvalue weighted by Gasteiger charge is -2.11. The van der Waals surface area contributed by atoms with Crippen LogP contribution in [0.5, 0.6) is 0 Å². The van der Waals surface area contributed by atoms with Gasteiger partial charge in [0.2, 0.25) is 0 Å². The van der Waals surface area contributed by atoms with E-state index in [4.69, 9.17) is 0 Å². The van der Waals surface area contributed by atoms with Crippen LogP contribution in [0, 0.1) is 11.6 Å². The summed E-state index contributed by atoms with van der Waals surface area (Å²) in [5.41, 5.74) is -0.707. The Labute approximate surface area is 152 Å². The first-order valence-corrected chi connectivity index (χ1v) is 8.87. The van der Waals surface area contributed by atoms with Gasteiger partial charge in [0.25, 0.3) is 10.0 Å². The minimum absolute atomic E-state index is 0.135. The summed E-state index contributed by atoms with van der Waals surface area (Å²) in [5, 5.41) is 7.42. The minimum atomic E-state index is -4.12. The number of halogens is 2. The van der Waals surface area contributed by atoms with Crippen LogP contribution in [0.15, 0.2) is 53.7 Å². The largest absolute Gasteiger partial charge is 0.465 e. The summed E-state index contributed by atoms with van der Waals surface area (Å²) in [7, 11) is -3.14. The molecule has 1 heterocycles. The van der Waals surface area contributed by atoms with Crippen LogP contribution in [0.25, 0.3) is 5.69 Å². The molecule has 0 amide bonds. The molecule has 1 aromatic heterocycles. The smallest absolute Gasteiger partial charge is 0.343 e. The van der Waals surface area contributed by atoms with Crippen molar-refractivity contribution in [1.29, 1.82) is 0 Å².